The van der Waals surface area contributed by atoms with Gasteiger partial charge < -0.3 is 14.8 Å². The largest absolute Gasteiger partial charge is 0.481 e. The van der Waals surface area contributed by atoms with Crippen LogP contribution in [0.25, 0.3) is 0 Å². The van der Waals surface area contributed by atoms with Gasteiger partial charge in [-0.2, -0.15) is 0 Å². The molecular weight excluding hydrogens is 342 g/mol. The van der Waals surface area contributed by atoms with Crippen LogP contribution in [0.1, 0.15) is 55.1 Å². The number of benzene rings is 2. The molecule has 0 radical (unpaired) electrons. The maximum Gasteiger partial charge on any atom is 0.340 e. The zero-order chi connectivity index (χ0) is 20.0. The fourth-order valence-electron chi connectivity index (χ4n) is 2.68. The lowest BCUT2D eigenvalue weighted by molar-refractivity contribution is -0.122. The monoisotopic (exact) mass is 369 g/mol. The fraction of sp³-hybridized carbons (Fsp3) is 0.364. The number of hydrogen-bond donors (Lipinski definition) is 1. The Morgan fingerprint density at radius 3 is 2.44 bits per heavy atom. The van der Waals surface area contributed by atoms with Gasteiger partial charge in [-0.25, -0.2) is 4.79 Å². The molecule has 1 atom stereocenters. The summed E-state index contributed by atoms with van der Waals surface area (Å²) in [5.41, 5.74) is 2.84. The van der Waals surface area contributed by atoms with Crippen LogP contribution < -0.4 is 10.1 Å². The van der Waals surface area contributed by atoms with Crippen LogP contribution in [0.5, 0.6) is 5.75 Å². The number of ether oxygens (including phenoxy) is 2. The maximum absolute atomic E-state index is 12.6. The number of hydrogen-bond acceptors (Lipinski definition) is 4. The van der Waals surface area contributed by atoms with Gasteiger partial charge in [-0.05, 0) is 56.0 Å². The van der Waals surface area contributed by atoms with E-state index in [2.05, 4.69) is 19.2 Å². The third kappa shape index (κ3) is 5.33. The first-order chi connectivity index (χ1) is 12.8. The summed E-state index contributed by atoms with van der Waals surface area (Å²) in [6, 6.07) is 12.8. The summed E-state index contributed by atoms with van der Waals surface area (Å²) in [4.78, 5) is 24.7. The van der Waals surface area contributed by atoms with Gasteiger partial charge in [0.05, 0.1) is 17.9 Å². The lowest BCUT2D eigenvalue weighted by Crippen LogP contribution is -2.31. The average Bonchev–Trinajstić information content (AvgIpc) is 2.62. The van der Waals surface area contributed by atoms with Crippen LogP contribution in [0, 0.1) is 6.92 Å². The molecular formula is C22H27NO4. The van der Waals surface area contributed by atoms with E-state index in [0.717, 1.165) is 11.1 Å². The second-order valence-corrected chi connectivity index (χ2v) is 6.71. The Labute approximate surface area is 160 Å². The van der Waals surface area contributed by atoms with E-state index in [0.29, 0.717) is 17.0 Å². The van der Waals surface area contributed by atoms with Crippen LogP contribution in [0.3, 0.4) is 0 Å². The minimum atomic E-state index is -0.723. The highest BCUT2D eigenvalue weighted by atomic mass is 16.5. The molecule has 0 heterocycles. The molecule has 5 heteroatoms. The van der Waals surface area contributed by atoms with Crippen molar-refractivity contribution in [2.45, 2.75) is 46.6 Å². The Morgan fingerprint density at radius 2 is 1.78 bits per heavy atom. The minimum absolute atomic E-state index is 0.270. The number of rotatable bonds is 7. The first-order valence-electron chi connectivity index (χ1n) is 9.17. The van der Waals surface area contributed by atoms with E-state index in [9.17, 15) is 9.59 Å². The van der Waals surface area contributed by atoms with Crippen molar-refractivity contribution in [2.75, 3.05) is 11.9 Å². The van der Waals surface area contributed by atoms with Crippen LogP contribution in [-0.2, 0) is 9.53 Å². The fourth-order valence-corrected chi connectivity index (χ4v) is 2.68. The van der Waals surface area contributed by atoms with E-state index >= 15 is 0 Å². The molecule has 0 aliphatic heterocycles. The van der Waals surface area contributed by atoms with Gasteiger partial charge in [0.1, 0.15) is 5.75 Å². The van der Waals surface area contributed by atoms with Gasteiger partial charge in [0.2, 0.25) is 0 Å². The second-order valence-electron chi connectivity index (χ2n) is 6.71. The highest BCUT2D eigenvalue weighted by Crippen LogP contribution is 2.28. The van der Waals surface area contributed by atoms with Crippen molar-refractivity contribution in [1.29, 1.82) is 0 Å². The summed E-state index contributed by atoms with van der Waals surface area (Å²) < 4.78 is 11.0. The number of anilines is 1. The van der Waals surface area contributed by atoms with E-state index in [-0.39, 0.29) is 18.4 Å². The van der Waals surface area contributed by atoms with Crippen molar-refractivity contribution in [3.05, 3.63) is 59.2 Å². The molecule has 0 spiro atoms. The van der Waals surface area contributed by atoms with E-state index in [4.69, 9.17) is 9.47 Å². The zero-order valence-corrected chi connectivity index (χ0v) is 16.5. The van der Waals surface area contributed by atoms with E-state index in [1.54, 1.807) is 38.1 Å². The molecule has 144 valence electrons. The summed E-state index contributed by atoms with van der Waals surface area (Å²) in [5.74, 6) is 0.178. The van der Waals surface area contributed by atoms with Gasteiger partial charge in [0.15, 0.2) is 6.10 Å². The quantitative estimate of drug-likeness (QED) is 0.719. The number of amides is 1. The molecule has 2 aromatic rings. The highest BCUT2D eigenvalue weighted by Gasteiger charge is 2.20. The predicted octanol–water partition coefficient (Wildman–Crippen LogP) is 4.70. The Balaban J connectivity index is 2.16. The number of carbonyl (C=O) groups excluding carboxylic acids is 2. The molecule has 0 saturated heterocycles. The van der Waals surface area contributed by atoms with Crippen LogP contribution in [0.15, 0.2) is 42.5 Å². The van der Waals surface area contributed by atoms with Crippen LogP contribution in [-0.4, -0.2) is 24.6 Å². The third-order valence-corrected chi connectivity index (χ3v) is 4.14. The van der Waals surface area contributed by atoms with Gasteiger partial charge in [0, 0.05) is 0 Å². The topological polar surface area (TPSA) is 64.6 Å². The summed E-state index contributed by atoms with van der Waals surface area (Å²) >= 11 is 0. The van der Waals surface area contributed by atoms with Crippen molar-refractivity contribution in [1.82, 2.24) is 0 Å². The average molecular weight is 369 g/mol. The molecule has 0 fully saturated rings. The van der Waals surface area contributed by atoms with Crippen LogP contribution in [0.2, 0.25) is 0 Å². The summed E-state index contributed by atoms with van der Waals surface area (Å²) in [5, 5.41) is 2.77. The lowest BCUT2D eigenvalue weighted by Gasteiger charge is -2.20. The highest BCUT2D eigenvalue weighted by molar-refractivity contribution is 6.02. The smallest absolute Gasteiger partial charge is 0.340 e. The van der Waals surface area contributed by atoms with Gasteiger partial charge in [-0.1, -0.05) is 38.1 Å². The zero-order valence-electron chi connectivity index (χ0n) is 16.5. The first kappa shape index (κ1) is 20.5. The number of esters is 1. The number of para-hydroxylation sites is 1. The standard InChI is InChI=1S/C22H27NO4/c1-6-26-22(25)18-9-7-8-10-19(18)23-21(24)16(5)27-20-13-15(4)11-12-17(20)14(2)3/h7-14,16H,6H2,1-5H3,(H,23,24)/t16-/m0/s1. The normalized spacial score (nSPS) is 11.8. The van der Waals surface area contributed by atoms with Crippen molar-refractivity contribution in [3.63, 3.8) is 0 Å². The summed E-state index contributed by atoms with van der Waals surface area (Å²) in [6.07, 6.45) is -0.723. The SMILES string of the molecule is CCOC(=O)c1ccccc1NC(=O)[C@H](C)Oc1cc(C)ccc1C(C)C. The third-order valence-electron chi connectivity index (χ3n) is 4.14. The predicted molar refractivity (Wildman–Crippen MR) is 106 cm³/mol. The van der Waals surface area contributed by atoms with E-state index in [1.807, 2.05) is 25.1 Å². The molecule has 2 rings (SSSR count). The Bertz CT molecular complexity index is 814. The van der Waals surface area contributed by atoms with Gasteiger partial charge in [-0.3, -0.25) is 4.79 Å². The van der Waals surface area contributed by atoms with E-state index < -0.39 is 12.1 Å². The van der Waals surface area contributed by atoms with E-state index in [1.165, 1.54) is 0 Å². The number of aryl methyl sites for hydroxylation is 1. The van der Waals surface area contributed by atoms with Crippen LogP contribution in [0.4, 0.5) is 5.69 Å². The number of nitrogens with one attached hydrogen (secondary N) is 1. The Kier molecular flexibility index (Phi) is 6.99. The van der Waals surface area contributed by atoms with Crippen molar-refractivity contribution in [2.24, 2.45) is 0 Å². The summed E-state index contributed by atoms with van der Waals surface area (Å²) in [6.45, 7) is 9.84. The molecule has 0 bridgehead atoms. The molecule has 0 unspecified atom stereocenters. The molecule has 27 heavy (non-hydrogen) atoms. The van der Waals surface area contributed by atoms with Crippen molar-refractivity contribution >= 4 is 17.6 Å². The second kappa shape index (κ2) is 9.21. The first-order valence-corrected chi connectivity index (χ1v) is 9.17. The lowest BCUT2D eigenvalue weighted by atomic mass is 10.0. The molecule has 1 amide bonds. The van der Waals surface area contributed by atoms with Gasteiger partial charge >= 0.3 is 5.97 Å². The molecule has 0 saturated carbocycles. The minimum Gasteiger partial charge on any atom is -0.481 e. The van der Waals surface area contributed by atoms with Gasteiger partial charge in [0.25, 0.3) is 5.91 Å². The van der Waals surface area contributed by atoms with Crippen molar-refractivity contribution in [3.8, 4) is 5.75 Å². The molecule has 1 N–H and O–H groups in total. The molecule has 0 aliphatic rings. The van der Waals surface area contributed by atoms with Gasteiger partial charge in [-0.15, -0.1) is 0 Å². The summed E-state index contributed by atoms with van der Waals surface area (Å²) in [7, 11) is 0. The maximum atomic E-state index is 12.6. The molecule has 5 nitrogen and oxygen atoms in total. The molecule has 2 aromatic carbocycles. The Hall–Kier alpha value is -2.82. The molecule has 0 aliphatic carbocycles. The van der Waals surface area contributed by atoms with Crippen molar-refractivity contribution < 1.29 is 19.1 Å². The number of carbonyl (C=O) groups is 2. The van der Waals surface area contributed by atoms with Crippen LogP contribution >= 0.6 is 0 Å². The Morgan fingerprint density at radius 1 is 1.07 bits per heavy atom. The molecule has 0 aromatic heterocycles.